The predicted molar refractivity (Wildman–Crippen MR) is 101 cm³/mol. The van der Waals surface area contributed by atoms with E-state index in [-0.39, 0.29) is 18.7 Å². The van der Waals surface area contributed by atoms with E-state index in [1.165, 1.54) is 0 Å². The number of hydrogen-bond acceptors (Lipinski definition) is 7. The Kier molecular flexibility index (Phi) is 4.48. The number of fused-ring (bicyclic) bond motifs is 2. The molecule has 3 aliphatic heterocycles. The van der Waals surface area contributed by atoms with Crippen molar-refractivity contribution in [1.29, 1.82) is 0 Å². The molecule has 0 bridgehead atoms. The fourth-order valence-electron chi connectivity index (χ4n) is 3.86. The van der Waals surface area contributed by atoms with Crippen LogP contribution < -0.4 is 19.7 Å². The molecular formula is C20H22N4O4. The molecule has 1 aromatic heterocycles. The molecule has 2 aromatic rings. The lowest BCUT2D eigenvalue weighted by Crippen LogP contribution is -2.48. The molecule has 28 heavy (non-hydrogen) atoms. The van der Waals surface area contributed by atoms with Gasteiger partial charge in [0.2, 0.25) is 12.7 Å². The Morgan fingerprint density at radius 1 is 1.25 bits per heavy atom. The Bertz CT molecular complexity index is 904. The molecule has 1 amide bonds. The largest absolute Gasteiger partial charge is 0.454 e. The summed E-state index contributed by atoms with van der Waals surface area (Å²) in [7, 11) is 0. The van der Waals surface area contributed by atoms with E-state index in [9.17, 15) is 4.79 Å². The van der Waals surface area contributed by atoms with Gasteiger partial charge in [-0.15, -0.1) is 0 Å². The molecule has 5 rings (SSSR count). The van der Waals surface area contributed by atoms with E-state index in [4.69, 9.17) is 19.2 Å². The average Bonchev–Trinajstić information content (AvgIpc) is 3.21. The van der Waals surface area contributed by atoms with E-state index in [1.54, 1.807) is 18.2 Å². The third-order valence-corrected chi connectivity index (χ3v) is 5.36. The van der Waals surface area contributed by atoms with Crippen LogP contribution in [0.2, 0.25) is 0 Å². The first kappa shape index (κ1) is 17.2. The van der Waals surface area contributed by atoms with E-state index >= 15 is 0 Å². The molecule has 4 heterocycles. The topological polar surface area (TPSA) is 85.8 Å². The SMILES string of the molecule is O=C(NC1CCCN(c2ncc3c(n2)CCOC3)C1)c1ccc2c(c1)OCO2. The van der Waals surface area contributed by atoms with Gasteiger partial charge in [-0.2, -0.15) is 0 Å². The summed E-state index contributed by atoms with van der Waals surface area (Å²) in [6.45, 7) is 3.09. The predicted octanol–water partition coefficient (Wildman–Crippen LogP) is 1.68. The van der Waals surface area contributed by atoms with E-state index in [1.807, 2.05) is 6.20 Å². The molecule has 0 spiro atoms. The zero-order valence-electron chi connectivity index (χ0n) is 15.5. The second-order valence-corrected chi connectivity index (χ2v) is 7.27. The molecule has 0 saturated carbocycles. The Balaban J connectivity index is 1.26. The minimum Gasteiger partial charge on any atom is -0.454 e. The fourth-order valence-corrected chi connectivity index (χ4v) is 3.86. The number of piperidine rings is 1. The molecule has 1 aromatic carbocycles. The summed E-state index contributed by atoms with van der Waals surface area (Å²) in [5, 5.41) is 3.14. The summed E-state index contributed by atoms with van der Waals surface area (Å²) in [6, 6.07) is 5.31. The van der Waals surface area contributed by atoms with Crippen molar-refractivity contribution in [3.8, 4) is 11.5 Å². The van der Waals surface area contributed by atoms with Gasteiger partial charge in [0, 0.05) is 42.9 Å². The van der Waals surface area contributed by atoms with Gasteiger partial charge in [0.1, 0.15) is 0 Å². The highest BCUT2D eigenvalue weighted by Gasteiger charge is 2.25. The molecule has 0 radical (unpaired) electrons. The van der Waals surface area contributed by atoms with Crippen LogP contribution in [0, 0.1) is 0 Å². The number of amides is 1. The van der Waals surface area contributed by atoms with Crippen LogP contribution in [0.25, 0.3) is 0 Å². The number of nitrogens with one attached hydrogen (secondary N) is 1. The van der Waals surface area contributed by atoms with Gasteiger partial charge in [0.15, 0.2) is 11.5 Å². The molecule has 0 aliphatic carbocycles. The van der Waals surface area contributed by atoms with E-state index in [0.29, 0.717) is 36.8 Å². The van der Waals surface area contributed by atoms with Crippen LogP contribution >= 0.6 is 0 Å². The van der Waals surface area contributed by atoms with Gasteiger partial charge in [0.05, 0.1) is 18.9 Å². The van der Waals surface area contributed by atoms with Gasteiger partial charge < -0.3 is 24.4 Å². The van der Waals surface area contributed by atoms with Gasteiger partial charge in [0.25, 0.3) is 5.91 Å². The molecule has 3 aliphatic rings. The van der Waals surface area contributed by atoms with Gasteiger partial charge in [-0.25, -0.2) is 9.97 Å². The van der Waals surface area contributed by atoms with Crippen molar-refractivity contribution in [3.05, 3.63) is 41.2 Å². The molecule has 146 valence electrons. The summed E-state index contributed by atoms with van der Waals surface area (Å²) in [5.74, 6) is 1.93. The van der Waals surface area contributed by atoms with Gasteiger partial charge in [-0.05, 0) is 31.0 Å². The smallest absolute Gasteiger partial charge is 0.251 e. The molecule has 1 unspecified atom stereocenters. The standard InChI is InChI=1S/C20H22N4O4/c25-19(13-3-4-17-18(8-13)28-12-27-17)22-15-2-1-6-24(10-15)20-21-9-14-11-26-7-5-16(14)23-20/h3-4,8-9,15H,1-2,5-7,10-12H2,(H,22,25). The molecule has 1 fully saturated rings. The van der Waals surface area contributed by atoms with Crippen LogP contribution in [-0.2, 0) is 17.8 Å². The lowest BCUT2D eigenvalue weighted by atomic mass is 10.0. The lowest BCUT2D eigenvalue weighted by Gasteiger charge is -2.33. The normalized spacial score (nSPS) is 20.6. The van der Waals surface area contributed by atoms with E-state index in [2.05, 4.69) is 15.2 Å². The van der Waals surface area contributed by atoms with Gasteiger partial charge in [-0.3, -0.25) is 4.79 Å². The number of carbonyl (C=O) groups is 1. The number of aromatic nitrogens is 2. The maximum absolute atomic E-state index is 12.7. The zero-order valence-corrected chi connectivity index (χ0v) is 15.5. The maximum atomic E-state index is 12.7. The third kappa shape index (κ3) is 3.35. The van der Waals surface area contributed by atoms with Crippen LogP contribution in [0.3, 0.4) is 0 Å². The number of rotatable bonds is 3. The van der Waals surface area contributed by atoms with E-state index < -0.39 is 0 Å². The lowest BCUT2D eigenvalue weighted by molar-refractivity contribution is 0.0932. The Morgan fingerprint density at radius 3 is 3.14 bits per heavy atom. The molecule has 1 atom stereocenters. The second-order valence-electron chi connectivity index (χ2n) is 7.27. The van der Waals surface area contributed by atoms with E-state index in [0.717, 1.165) is 43.0 Å². The maximum Gasteiger partial charge on any atom is 0.251 e. The van der Waals surface area contributed by atoms with Crippen molar-refractivity contribution in [2.75, 3.05) is 31.4 Å². The van der Waals surface area contributed by atoms with Crippen molar-refractivity contribution >= 4 is 11.9 Å². The number of hydrogen-bond donors (Lipinski definition) is 1. The van der Waals surface area contributed by atoms with Gasteiger partial charge in [-0.1, -0.05) is 0 Å². The van der Waals surface area contributed by atoms with Crippen molar-refractivity contribution in [2.24, 2.45) is 0 Å². The summed E-state index contributed by atoms with van der Waals surface area (Å²) in [6.07, 6.45) is 4.61. The van der Waals surface area contributed by atoms with Gasteiger partial charge >= 0.3 is 0 Å². The first-order valence-corrected chi connectivity index (χ1v) is 9.64. The van der Waals surface area contributed by atoms with Crippen LogP contribution in [0.4, 0.5) is 5.95 Å². The third-order valence-electron chi connectivity index (χ3n) is 5.36. The summed E-state index contributed by atoms with van der Waals surface area (Å²) in [4.78, 5) is 24.1. The number of benzene rings is 1. The molecule has 8 nitrogen and oxygen atoms in total. The van der Waals surface area contributed by atoms with Crippen molar-refractivity contribution in [3.63, 3.8) is 0 Å². The Hall–Kier alpha value is -2.87. The van der Waals surface area contributed by atoms with Crippen LogP contribution in [0.5, 0.6) is 11.5 Å². The highest BCUT2D eigenvalue weighted by Crippen LogP contribution is 2.32. The van der Waals surface area contributed by atoms with Crippen molar-refractivity contribution in [1.82, 2.24) is 15.3 Å². The molecule has 1 saturated heterocycles. The highest BCUT2D eigenvalue weighted by atomic mass is 16.7. The van der Waals surface area contributed by atoms with Crippen LogP contribution in [0.1, 0.15) is 34.5 Å². The fraction of sp³-hybridized carbons (Fsp3) is 0.450. The second kappa shape index (κ2) is 7.27. The number of anilines is 1. The van der Waals surface area contributed by atoms with Crippen molar-refractivity contribution < 1.29 is 19.0 Å². The minimum absolute atomic E-state index is 0.0506. The monoisotopic (exact) mass is 382 g/mol. The average molecular weight is 382 g/mol. The molecule has 8 heteroatoms. The summed E-state index contributed by atoms with van der Waals surface area (Å²) in [5.41, 5.74) is 2.72. The minimum atomic E-state index is -0.103. The van der Waals surface area contributed by atoms with Crippen molar-refractivity contribution in [2.45, 2.75) is 31.9 Å². The van der Waals surface area contributed by atoms with Crippen LogP contribution in [0.15, 0.2) is 24.4 Å². The van der Waals surface area contributed by atoms with Crippen LogP contribution in [-0.4, -0.2) is 48.4 Å². The Labute approximate surface area is 162 Å². The molecular weight excluding hydrogens is 360 g/mol. The number of carbonyl (C=O) groups excluding carboxylic acids is 1. The molecule has 1 N–H and O–H groups in total. The number of ether oxygens (including phenoxy) is 3. The summed E-state index contributed by atoms with van der Waals surface area (Å²) >= 11 is 0. The zero-order chi connectivity index (χ0) is 18.9. The highest BCUT2D eigenvalue weighted by molar-refractivity contribution is 5.95. The quantitative estimate of drug-likeness (QED) is 0.864. The number of nitrogens with zero attached hydrogens (tertiary/aromatic N) is 3. The summed E-state index contributed by atoms with van der Waals surface area (Å²) < 4.78 is 16.1. The first-order valence-electron chi connectivity index (χ1n) is 9.64. The first-order chi connectivity index (χ1) is 13.8. The Morgan fingerprint density at radius 2 is 2.18 bits per heavy atom.